The highest BCUT2D eigenvalue weighted by Crippen LogP contribution is 2.24. The van der Waals surface area contributed by atoms with E-state index >= 15 is 0 Å². The number of amides is 1. The molecule has 3 N–H and O–H groups in total. The molecule has 0 saturated carbocycles. The first-order valence-electron chi connectivity index (χ1n) is 9.91. The largest absolute Gasteiger partial charge is 0.508 e. The number of carbonyl (C=O) groups is 2. The Morgan fingerprint density at radius 1 is 1.23 bits per heavy atom. The highest BCUT2D eigenvalue weighted by Gasteiger charge is 2.22. The van der Waals surface area contributed by atoms with Crippen LogP contribution in [0, 0.1) is 11.3 Å². The number of imidazole rings is 1. The number of phenols is 1. The molecule has 1 amide bonds. The van der Waals surface area contributed by atoms with Crippen LogP contribution in [0.15, 0.2) is 43.0 Å². The fourth-order valence-corrected chi connectivity index (χ4v) is 3.17. The van der Waals surface area contributed by atoms with Crippen LogP contribution in [0.4, 0.5) is 5.69 Å². The van der Waals surface area contributed by atoms with Gasteiger partial charge in [0.05, 0.1) is 17.7 Å². The number of benzene rings is 1. The molecule has 0 fully saturated rings. The zero-order chi connectivity index (χ0) is 22.4. The molecule has 0 aliphatic heterocycles. The van der Waals surface area contributed by atoms with Gasteiger partial charge in [0.15, 0.2) is 0 Å². The molecule has 160 valence electrons. The average Bonchev–Trinajstić information content (AvgIpc) is 3.36. The van der Waals surface area contributed by atoms with Crippen molar-refractivity contribution in [2.75, 3.05) is 5.32 Å². The number of nitriles is 1. The number of nitrogens with zero attached hydrogens (tertiary/aromatic N) is 4. The van der Waals surface area contributed by atoms with Crippen LogP contribution in [-0.2, 0) is 17.8 Å². The lowest BCUT2D eigenvalue weighted by atomic mass is 10.2. The van der Waals surface area contributed by atoms with E-state index in [1.165, 1.54) is 6.20 Å². The van der Waals surface area contributed by atoms with Crippen LogP contribution in [0.1, 0.15) is 47.9 Å². The van der Waals surface area contributed by atoms with Crippen molar-refractivity contribution in [3.8, 4) is 17.5 Å². The summed E-state index contributed by atoms with van der Waals surface area (Å²) in [4.78, 5) is 28.4. The maximum atomic E-state index is 12.5. The second kappa shape index (κ2) is 9.63. The Labute approximate surface area is 179 Å². The summed E-state index contributed by atoms with van der Waals surface area (Å²) in [6.07, 6.45) is 6.90. The lowest BCUT2D eigenvalue weighted by Crippen LogP contribution is -2.15. The van der Waals surface area contributed by atoms with Crippen molar-refractivity contribution in [2.24, 2.45) is 0 Å². The first kappa shape index (κ1) is 21.6. The fraction of sp³-hybridized carbons (Fsp3) is 0.273. The van der Waals surface area contributed by atoms with Crippen molar-refractivity contribution in [2.45, 2.75) is 39.2 Å². The number of unbranched alkanes of at least 4 members (excludes halogenated alkanes) is 1. The minimum atomic E-state index is -1.20. The van der Waals surface area contributed by atoms with Crippen molar-refractivity contribution in [3.05, 3.63) is 59.9 Å². The van der Waals surface area contributed by atoms with Gasteiger partial charge in [-0.25, -0.2) is 9.78 Å². The van der Waals surface area contributed by atoms with Crippen molar-refractivity contribution >= 4 is 17.6 Å². The smallest absolute Gasteiger partial charge is 0.339 e. The summed E-state index contributed by atoms with van der Waals surface area (Å²) in [6.45, 7) is 2.50. The Morgan fingerprint density at radius 3 is 2.61 bits per heavy atom. The Kier molecular flexibility index (Phi) is 6.72. The van der Waals surface area contributed by atoms with Gasteiger partial charge in [-0.15, -0.1) is 0 Å². The average molecular weight is 421 g/mol. The molecule has 2 heterocycles. The van der Waals surface area contributed by atoms with E-state index < -0.39 is 11.9 Å². The van der Waals surface area contributed by atoms with E-state index in [9.17, 15) is 25.1 Å². The number of hydrogen-bond acceptors (Lipinski definition) is 5. The molecule has 0 spiro atoms. The number of rotatable bonds is 9. The van der Waals surface area contributed by atoms with E-state index in [1.807, 2.05) is 13.0 Å². The Morgan fingerprint density at radius 2 is 1.97 bits per heavy atom. The molecule has 0 unspecified atom stereocenters. The first-order chi connectivity index (χ1) is 14.9. The number of nitrogens with one attached hydrogen (secondary N) is 1. The second-order valence-corrected chi connectivity index (χ2v) is 7.07. The highest BCUT2D eigenvalue weighted by molar-refractivity contribution is 6.02. The molecule has 0 radical (unpaired) electrons. The highest BCUT2D eigenvalue weighted by atomic mass is 16.4. The van der Waals surface area contributed by atoms with Crippen LogP contribution in [0.2, 0.25) is 0 Å². The summed E-state index contributed by atoms with van der Waals surface area (Å²) >= 11 is 0. The SMILES string of the molecule is CCCCn1cc(C(=O)O)c(NC(=O)CCc2cn(-c3ccc(O)cc3)cn2)c1C#N. The lowest BCUT2D eigenvalue weighted by Gasteiger charge is -2.06. The molecular weight excluding hydrogens is 398 g/mol. The third-order valence-corrected chi connectivity index (χ3v) is 4.82. The maximum Gasteiger partial charge on any atom is 0.339 e. The quantitative estimate of drug-likeness (QED) is 0.485. The minimum Gasteiger partial charge on any atom is -0.508 e. The summed E-state index contributed by atoms with van der Waals surface area (Å²) < 4.78 is 3.35. The number of carboxylic acid groups (broad SMARTS) is 1. The lowest BCUT2D eigenvalue weighted by molar-refractivity contribution is -0.116. The van der Waals surface area contributed by atoms with E-state index in [1.54, 1.807) is 45.9 Å². The Bertz CT molecular complexity index is 1120. The van der Waals surface area contributed by atoms with E-state index in [0.717, 1.165) is 18.5 Å². The van der Waals surface area contributed by atoms with Crippen LogP contribution < -0.4 is 5.32 Å². The number of aryl methyl sites for hydroxylation is 2. The summed E-state index contributed by atoms with van der Waals surface area (Å²) in [5.74, 6) is -1.43. The molecule has 9 nitrogen and oxygen atoms in total. The molecule has 2 aromatic heterocycles. The minimum absolute atomic E-state index is 0.0331. The van der Waals surface area contributed by atoms with Gasteiger partial charge in [-0.05, 0) is 37.1 Å². The van der Waals surface area contributed by atoms with Gasteiger partial charge < -0.3 is 24.7 Å². The summed E-state index contributed by atoms with van der Waals surface area (Å²) in [6, 6.07) is 8.63. The molecule has 3 aromatic rings. The molecule has 0 bridgehead atoms. The second-order valence-electron chi connectivity index (χ2n) is 7.07. The third kappa shape index (κ3) is 5.11. The molecule has 0 saturated heterocycles. The molecule has 0 aliphatic carbocycles. The summed E-state index contributed by atoms with van der Waals surface area (Å²) in [7, 11) is 0. The third-order valence-electron chi connectivity index (χ3n) is 4.82. The van der Waals surface area contributed by atoms with Crippen LogP contribution >= 0.6 is 0 Å². The van der Waals surface area contributed by atoms with Crippen molar-refractivity contribution < 1.29 is 19.8 Å². The standard InChI is InChI=1S/C22H23N5O4/c1-2-3-10-26-13-18(22(30)31)21(19(26)11-23)25-20(29)9-4-15-12-27(14-24-15)16-5-7-17(28)8-6-16/h5-8,12-14,28H,2-4,9-10H2,1H3,(H,25,29)(H,30,31). The predicted molar refractivity (Wildman–Crippen MR) is 113 cm³/mol. The number of carboxylic acids is 1. The topological polar surface area (TPSA) is 133 Å². The van der Waals surface area contributed by atoms with E-state index in [4.69, 9.17) is 0 Å². The molecule has 3 rings (SSSR count). The van der Waals surface area contributed by atoms with Crippen molar-refractivity contribution in [1.82, 2.24) is 14.1 Å². The van der Waals surface area contributed by atoms with Gasteiger partial charge in [-0.1, -0.05) is 13.3 Å². The zero-order valence-electron chi connectivity index (χ0n) is 17.1. The van der Waals surface area contributed by atoms with Gasteiger partial charge in [-0.2, -0.15) is 5.26 Å². The van der Waals surface area contributed by atoms with Gasteiger partial charge in [0.25, 0.3) is 0 Å². The molecule has 0 atom stereocenters. The van der Waals surface area contributed by atoms with Gasteiger partial charge in [0.1, 0.15) is 23.1 Å². The van der Waals surface area contributed by atoms with E-state index in [2.05, 4.69) is 10.3 Å². The Hall–Kier alpha value is -4.06. The van der Waals surface area contributed by atoms with Crippen molar-refractivity contribution in [3.63, 3.8) is 0 Å². The van der Waals surface area contributed by atoms with Crippen molar-refractivity contribution in [1.29, 1.82) is 5.26 Å². The van der Waals surface area contributed by atoms with Crippen LogP contribution in [-0.4, -0.2) is 36.2 Å². The molecule has 31 heavy (non-hydrogen) atoms. The number of aromatic nitrogens is 3. The normalized spacial score (nSPS) is 10.6. The molecule has 0 aliphatic rings. The number of aromatic hydroxyl groups is 1. The first-order valence-corrected chi connectivity index (χ1v) is 9.91. The Balaban J connectivity index is 1.68. The number of phenolic OH excluding ortho intramolecular Hbond substituents is 1. The summed E-state index contributed by atoms with van der Waals surface area (Å²) in [5, 5.41) is 31.0. The van der Waals surface area contributed by atoms with Crippen LogP contribution in [0.3, 0.4) is 0 Å². The number of hydrogen-bond donors (Lipinski definition) is 3. The predicted octanol–water partition coefficient (Wildman–Crippen LogP) is 3.32. The van der Waals surface area contributed by atoms with Gasteiger partial charge in [-0.3, -0.25) is 4.79 Å². The number of aromatic carboxylic acids is 1. The van der Waals surface area contributed by atoms with Gasteiger partial charge in [0.2, 0.25) is 5.91 Å². The van der Waals surface area contributed by atoms with E-state index in [-0.39, 0.29) is 29.1 Å². The molecular formula is C22H23N5O4. The van der Waals surface area contributed by atoms with Gasteiger partial charge >= 0.3 is 5.97 Å². The number of carbonyl (C=O) groups excluding carboxylic acids is 1. The van der Waals surface area contributed by atoms with Crippen LogP contribution in [0.5, 0.6) is 5.75 Å². The summed E-state index contributed by atoms with van der Waals surface area (Å²) in [5.41, 5.74) is 1.57. The monoisotopic (exact) mass is 421 g/mol. The van der Waals surface area contributed by atoms with Crippen LogP contribution in [0.25, 0.3) is 5.69 Å². The number of anilines is 1. The maximum absolute atomic E-state index is 12.5. The fourth-order valence-electron chi connectivity index (χ4n) is 3.17. The van der Waals surface area contributed by atoms with E-state index in [0.29, 0.717) is 18.7 Å². The molecule has 1 aromatic carbocycles. The molecule has 9 heteroatoms. The zero-order valence-corrected chi connectivity index (χ0v) is 17.1. The van der Waals surface area contributed by atoms with Gasteiger partial charge in [0, 0.05) is 31.0 Å².